The maximum absolute atomic E-state index is 11.6. The first-order chi connectivity index (χ1) is 6.74. The van der Waals surface area contributed by atoms with E-state index in [1.807, 2.05) is 0 Å². The second-order valence-electron chi connectivity index (χ2n) is 3.34. The van der Waals surface area contributed by atoms with Gasteiger partial charge < -0.3 is 0 Å². The Labute approximate surface area is 87.6 Å². The lowest BCUT2D eigenvalue weighted by atomic mass is 10.0. The van der Waals surface area contributed by atoms with E-state index in [1.54, 1.807) is 12.3 Å². The molecule has 1 aliphatic rings. The Bertz CT molecular complexity index is 412. The lowest BCUT2D eigenvalue weighted by molar-refractivity contribution is 0.0994. The van der Waals surface area contributed by atoms with Crippen LogP contribution in [0.25, 0.3) is 0 Å². The molecular formula is C11H10ClNO. The molecule has 0 fully saturated rings. The van der Waals surface area contributed by atoms with Gasteiger partial charge in [0.15, 0.2) is 5.78 Å². The zero-order chi connectivity index (χ0) is 10.1. The molecule has 1 aromatic rings. The number of carbonyl (C=O) groups excluding carboxylic acids is 1. The number of allylic oxidation sites excluding steroid dienone is 1. The van der Waals surface area contributed by atoms with E-state index < -0.39 is 0 Å². The summed E-state index contributed by atoms with van der Waals surface area (Å²) in [6.07, 6.45) is 5.41. The number of fused-ring (bicyclic) bond motifs is 1. The van der Waals surface area contributed by atoms with Gasteiger partial charge in [0.2, 0.25) is 0 Å². The van der Waals surface area contributed by atoms with Crippen LogP contribution < -0.4 is 0 Å². The Hall–Kier alpha value is -1.15. The zero-order valence-electron chi connectivity index (χ0n) is 7.72. The number of nitrogens with zero attached hydrogens (tertiary/aromatic N) is 1. The standard InChI is InChI=1S/C11H10ClNO/c1-2-3-7-6-13-11(12)8-4-5-9(14)10(7)8/h2,6H,1,3-5H2. The Morgan fingerprint density at radius 2 is 2.36 bits per heavy atom. The topological polar surface area (TPSA) is 30.0 Å². The summed E-state index contributed by atoms with van der Waals surface area (Å²) in [6.45, 7) is 3.66. The first-order valence-electron chi connectivity index (χ1n) is 4.54. The minimum atomic E-state index is 0.182. The molecule has 1 aliphatic carbocycles. The van der Waals surface area contributed by atoms with Crippen LogP contribution in [0.4, 0.5) is 0 Å². The van der Waals surface area contributed by atoms with E-state index in [4.69, 9.17) is 11.6 Å². The highest BCUT2D eigenvalue weighted by molar-refractivity contribution is 6.31. The van der Waals surface area contributed by atoms with Crippen molar-refractivity contribution in [2.45, 2.75) is 19.3 Å². The lowest BCUT2D eigenvalue weighted by Gasteiger charge is -2.05. The number of pyridine rings is 1. The molecule has 0 aromatic carbocycles. The first-order valence-corrected chi connectivity index (χ1v) is 4.92. The number of rotatable bonds is 2. The molecule has 0 saturated heterocycles. The SMILES string of the molecule is C=CCc1cnc(Cl)c2c1C(=O)CC2. The van der Waals surface area contributed by atoms with Crippen molar-refractivity contribution in [2.24, 2.45) is 0 Å². The molecule has 2 rings (SSSR count). The van der Waals surface area contributed by atoms with Crippen LogP contribution in [0.1, 0.15) is 27.9 Å². The van der Waals surface area contributed by atoms with Crippen LogP contribution >= 0.6 is 11.6 Å². The molecule has 0 radical (unpaired) electrons. The number of hydrogen-bond acceptors (Lipinski definition) is 2. The number of hydrogen-bond donors (Lipinski definition) is 0. The Kier molecular flexibility index (Phi) is 2.38. The van der Waals surface area contributed by atoms with Gasteiger partial charge in [0.25, 0.3) is 0 Å². The van der Waals surface area contributed by atoms with Crippen molar-refractivity contribution in [2.75, 3.05) is 0 Å². The predicted octanol–water partition coefficient (Wildman–Crippen LogP) is 2.59. The summed E-state index contributed by atoms with van der Waals surface area (Å²) in [7, 11) is 0. The quantitative estimate of drug-likeness (QED) is 0.551. The van der Waals surface area contributed by atoms with Gasteiger partial charge in [0.1, 0.15) is 5.15 Å². The number of ketones is 1. The maximum Gasteiger partial charge on any atom is 0.163 e. The van der Waals surface area contributed by atoms with Gasteiger partial charge in [-0.1, -0.05) is 17.7 Å². The van der Waals surface area contributed by atoms with Gasteiger partial charge in [0, 0.05) is 23.7 Å². The fourth-order valence-corrected chi connectivity index (χ4v) is 2.06. The van der Waals surface area contributed by atoms with Crippen molar-refractivity contribution < 1.29 is 4.79 Å². The van der Waals surface area contributed by atoms with Gasteiger partial charge in [-0.15, -0.1) is 6.58 Å². The molecule has 3 heteroatoms. The molecule has 2 nitrogen and oxygen atoms in total. The second kappa shape index (κ2) is 3.54. The van der Waals surface area contributed by atoms with Crippen LogP contribution in [0, 0.1) is 0 Å². The minimum absolute atomic E-state index is 0.182. The van der Waals surface area contributed by atoms with Gasteiger partial charge in [-0.25, -0.2) is 4.98 Å². The van der Waals surface area contributed by atoms with E-state index in [9.17, 15) is 4.79 Å². The number of Topliss-reactive ketones (excluding diaryl/α,β-unsaturated/α-hetero) is 1. The molecule has 0 spiro atoms. The summed E-state index contributed by atoms with van der Waals surface area (Å²) in [5, 5.41) is 0.471. The van der Waals surface area contributed by atoms with Crippen molar-refractivity contribution in [3.05, 3.63) is 40.7 Å². The summed E-state index contributed by atoms with van der Waals surface area (Å²) in [4.78, 5) is 15.7. The van der Waals surface area contributed by atoms with Gasteiger partial charge >= 0.3 is 0 Å². The molecule has 0 amide bonds. The average molecular weight is 208 g/mol. The molecule has 0 N–H and O–H groups in total. The van der Waals surface area contributed by atoms with E-state index >= 15 is 0 Å². The summed E-state index contributed by atoms with van der Waals surface area (Å²) in [5.74, 6) is 0.182. The van der Waals surface area contributed by atoms with Gasteiger partial charge in [0.05, 0.1) is 0 Å². The molecule has 72 valence electrons. The smallest absolute Gasteiger partial charge is 0.163 e. The number of carbonyl (C=O) groups is 1. The fourth-order valence-electron chi connectivity index (χ4n) is 1.82. The third-order valence-corrected chi connectivity index (χ3v) is 2.78. The molecular weight excluding hydrogens is 198 g/mol. The molecule has 1 heterocycles. The van der Waals surface area contributed by atoms with E-state index in [1.165, 1.54) is 0 Å². The van der Waals surface area contributed by atoms with Crippen LogP contribution in [0.2, 0.25) is 5.15 Å². The molecule has 0 saturated carbocycles. The fraction of sp³-hybridized carbons (Fsp3) is 0.273. The van der Waals surface area contributed by atoms with Gasteiger partial charge in [-0.3, -0.25) is 4.79 Å². The second-order valence-corrected chi connectivity index (χ2v) is 3.70. The largest absolute Gasteiger partial charge is 0.294 e. The molecule has 14 heavy (non-hydrogen) atoms. The van der Waals surface area contributed by atoms with Crippen LogP contribution in [0.5, 0.6) is 0 Å². The summed E-state index contributed by atoms with van der Waals surface area (Å²) >= 11 is 5.92. The van der Waals surface area contributed by atoms with E-state index in [0.29, 0.717) is 18.0 Å². The van der Waals surface area contributed by atoms with E-state index in [2.05, 4.69) is 11.6 Å². The molecule has 0 bridgehead atoms. The number of aromatic nitrogens is 1. The highest BCUT2D eigenvalue weighted by atomic mass is 35.5. The van der Waals surface area contributed by atoms with E-state index in [0.717, 1.165) is 23.1 Å². The minimum Gasteiger partial charge on any atom is -0.294 e. The monoisotopic (exact) mass is 207 g/mol. The summed E-state index contributed by atoms with van der Waals surface area (Å²) < 4.78 is 0. The number of halogens is 1. The van der Waals surface area contributed by atoms with Crippen LogP contribution in [-0.2, 0) is 12.8 Å². The van der Waals surface area contributed by atoms with Crippen molar-refractivity contribution in [3.63, 3.8) is 0 Å². The first kappa shape index (κ1) is 9.41. The van der Waals surface area contributed by atoms with E-state index in [-0.39, 0.29) is 5.78 Å². The van der Waals surface area contributed by atoms with Crippen molar-refractivity contribution in [1.29, 1.82) is 0 Å². The lowest BCUT2D eigenvalue weighted by Crippen LogP contribution is -2.00. The Morgan fingerprint density at radius 3 is 3.07 bits per heavy atom. The van der Waals surface area contributed by atoms with Gasteiger partial charge in [-0.2, -0.15) is 0 Å². The van der Waals surface area contributed by atoms with Crippen LogP contribution in [-0.4, -0.2) is 10.8 Å². The highest BCUT2D eigenvalue weighted by Crippen LogP contribution is 2.30. The zero-order valence-corrected chi connectivity index (χ0v) is 8.47. The van der Waals surface area contributed by atoms with Crippen molar-refractivity contribution in [3.8, 4) is 0 Å². The van der Waals surface area contributed by atoms with Crippen LogP contribution in [0.3, 0.4) is 0 Å². The van der Waals surface area contributed by atoms with Crippen molar-refractivity contribution >= 4 is 17.4 Å². The third kappa shape index (κ3) is 1.36. The molecule has 0 aliphatic heterocycles. The highest BCUT2D eigenvalue weighted by Gasteiger charge is 2.25. The molecule has 0 atom stereocenters. The van der Waals surface area contributed by atoms with Crippen molar-refractivity contribution in [1.82, 2.24) is 4.98 Å². The normalized spacial score (nSPS) is 14.2. The Morgan fingerprint density at radius 1 is 1.57 bits per heavy atom. The van der Waals surface area contributed by atoms with Crippen LogP contribution in [0.15, 0.2) is 18.9 Å². The maximum atomic E-state index is 11.6. The summed E-state index contributed by atoms with van der Waals surface area (Å²) in [6, 6.07) is 0. The Balaban J connectivity index is 2.59. The molecule has 0 unspecified atom stereocenters. The average Bonchev–Trinajstić information content (AvgIpc) is 2.55. The van der Waals surface area contributed by atoms with Gasteiger partial charge in [-0.05, 0) is 18.4 Å². The molecule has 1 aromatic heterocycles. The summed E-state index contributed by atoms with van der Waals surface area (Å²) in [5.41, 5.74) is 2.64. The third-order valence-electron chi connectivity index (χ3n) is 2.45. The predicted molar refractivity (Wildman–Crippen MR) is 55.8 cm³/mol.